The van der Waals surface area contributed by atoms with E-state index >= 15 is 0 Å². The molecular weight excluding hydrogens is 369 g/mol. The largest absolute Gasteiger partial charge is 0.454 e. The lowest BCUT2D eigenvalue weighted by Gasteiger charge is -2.35. The van der Waals surface area contributed by atoms with Crippen molar-refractivity contribution in [2.75, 3.05) is 33.0 Å². The van der Waals surface area contributed by atoms with Crippen LogP contribution in [0.15, 0.2) is 24.3 Å². The molecule has 1 saturated heterocycles. The molecule has 0 aliphatic carbocycles. The van der Waals surface area contributed by atoms with Gasteiger partial charge in [0.25, 0.3) is 5.69 Å². The number of benzene rings is 1. The van der Waals surface area contributed by atoms with Crippen LogP contribution in [0.25, 0.3) is 0 Å². The van der Waals surface area contributed by atoms with E-state index in [9.17, 15) is 10.1 Å². The molecule has 7 nitrogen and oxygen atoms in total. The maximum atomic E-state index is 11.6. The van der Waals surface area contributed by atoms with Gasteiger partial charge in [-0.25, -0.2) is 0 Å². The van der Waals surface area contributed by atoms with Crippen LogP contribution in [0.1, 0.15) is 24.9 Å². The number of nitrogens with one attached hydrogen (secondary N) is 1. The minimum atomic E-state index is -0.342. The molecule has 0 saturated carbocycles. The van der Waals surface area contributed by atoms with Gasteiger partial charge in [-0.1, -0.05) is 5.57 Å². The lowest BCUT2D eigenvalue weighted by atomic mass is 9.96. The van der Waals surface area contributed by atoms with Crippen LogP contribution in [0.5, 0.6) is 11.5 Å². The normalized spacial score (nSPS) is 17.2. The first-order chi connectivity index (χ1) is 11.1. The average Bonchev–Trinajstić information content (AvgIpc) is 2.99. The molecule has 2 aliphatic rings. The Morgan fingerprint density at radius 2 is 1.92 bits per heavy atom. The number of nitro groups is 1. The third-order valence-electron chi connectivity index (χ3n) is 4.21. The van der Waals surface area contributed by atoms with Crippen molar-refractivity contribution in [2.24, 2.45) is 0 Å². The van der Waals surface area contributed by atoms with E-state index in [1.807, 2.05) is 6.92 Å². The zero-order valence-corrected chi connectivity index (χ0v) is 15.7. The second-order valence-electron chi connectivity index (χ2n) is 5.98. The fourth-order valence-electron chi connectivity index (χ4n) is 3.13. The third-order valence-corrected chi connectivity index (χ3v) is 4.21. The molecule has 2 aliphatic heterocycles. The van der Waals surface area contributed by atoms with Crippen molar-refractivity contribution in [3.63, 3.8) is 0 Å². The predicted octanol–water partition coefficient (Wildman–Crippen LogP) is 3.08. The number of nitrogens with zero attached hydrogens (tertiary/aromatic N) is 2. The van der Waals surface area contributed by atoms with E-state index < -0.39 is 0 Å². The fourth-order valence-corrected chi connectivity index (χ4v) is 3.13. The van der Waals surface area contributed by atoms with E-state index in [1.165, 1.54) is 6.07 Å². The van der Waals surface area contributed by atoms with Crippen LogP contribution in [0.2, 0.25) is 0 Å². The Kier molecular flexibility index (Phi) is 7.95. The summed E-state index contributed by atoms with van der Waals surface area (Å²) in [4.78, 5) is 13.5. The molecule has 0 amide bonds. The quantitative estimate of drug-likeness (QED) is 0.472. The summed E-state index contributed by atoms with van der Waals surface area (Å²) in [6, 6.07) is 3.16. The molecule has 1 aromatic rings. The van der Waals surface area contributed by atoms with Crippen molar-refractivity contribution in [3.8, 4) is 11.5 Å². The van der Waals surface area contributed by atoms with Crippen molar-refractivity contribution in [3.05, 3.63) is 40.0 Å². The Morgan fingerprint density at radius 1 is 1.32 bits per heavy atom. The number of nitro benzene ring substituents is 1. The number of ether oxygens (including phenoxy) is 2. The Labute approximate surface area is 159 Å². The highest BCUT2D eigenvalue weighted by molar-refractivity contribution is 5.85. The Hall–Kier alpha value is -1.54. The zero-order valence-electron chi connectivity index (χ0n) is 14.0. The molecule has 0 bridgehead atoms. The molecule has 1 fully saturated rings. The molecule has 0 spiro atoms. The monoisotopic (exact) mass is 391 g/mol. The van der Waals surface area contributed by atoms with Gasteiger partial charge in [0.15, 0.2) is 11.5 Å². The molecule has 0 unspecified atom stereocenters. The van der Waals surface area contributed by atoms with Crippen LogP contribution < -0.4 is 14.8 Å². The average molecular weight is 392 g/mol. The molecule has 2 heterocycles. The van der Waals surface area contributed by atoms with E-state index in [0.717, 1.165) is 31.8 Å². The molecule has 1 atom stereocenters. The van der Waals surface area contributed by atoms with Gasteiger partial charge in [0.2, 0.25) is 6.79 Å². The van der Waals surface area contributed by atoms with Crippen LogP contribution in [-0.4, -0.2) is 42.8 Å². The smallest absolute Gasteiger partial charge is 0.278 e. The summed E-state index contributed by atoms with van der Waals surface area (Å²) in [5.74, 6) is 1.02. The van der Waals surface area contributed by atoms with Gasteiger partial charge in [0, 0.05) is 32.2 Å². The van der Waals surface area contributed by atoms with E-state index in [0.29, 0.717) is 23.5 Å². The van der Waals surface area contributed by atoms with Crippen molar-refractivity contribution < 1.29 is 14.4 Å². The van der Waals surface area contributed by atoms with Gasteiger partial charge < -0.3 is 14.8 Å². The summed E-state index contributed by atoms with van der Waals surface area (Å²) < 4.78 is 10.7. The van der Waals surface area contributed by atoms with Gasteiger partial charge in [-0.15, -0.1) is 31.4 Å². The summed E-state index contributed by atoms with van der Waals surface area (Å²) in [6.45, 7) is 9.51. The van der Waals surface area contributed by atoms with Crippen molar-refractivity contribution >= 4 is 30.5 Å². The van der Waals surface area contributed by atoms with E-state index in [1.54, 1.807) is 6.07 Å². The number of hydrogen-bond donors (Lipinski definition) is 1. The Balaban J connectivity index is 0.00000156. The first-order valence-corrected chi connectivity index (χ1v) is 7.73. The third kappa shape index (κ3) is 4.76. The number of hydrogen-bond acceptors (Lipinski definition) is 6. The molecule has 0 aromatic heterocycles. The van der Waals surface area contributed by atoms with Crippen LogP contribution in [-0.2, 0) is 0 Å². The number of piperazine rings is 1. The highest BCUT2D eigenvalue weighted by atomic mass is 35.5. The summed E-state index contributed by atoms with van der Waals surface area (Å²) in [5, 5.41) is 14.9. The summed E-state index contributed by atoms with van der Waals surface area (Å²) >= 11 is 0. The van der Waals surface area contributed by atoms with Gasteiger partial charge in [-0.05, 0) is 19.4 Å². The predicted molar refractivity (Wildman–Crippen MR) is 100 cm³/mol. The SMILES string of the molecule is C=C(C)C[C@@H](c1cc2c(cc1[N+](=O)[O-])OCO2)N1CCNCC1.Cl.Cl. The minimum absolute atomic E-state index is 0. The lowest BCUT2D eigenvalue weighted by Crippen LogP contribution is -2.45. The number of rotatable bonds is 5. The zero-order chi connectivity index (χ0) is 16.4. The summed E-state index contributed by atoms with van der Waals surface area (Å²) in [7, 11) is 0. The summed E-state index contributed by atoms with van der Waals surface area (Å²) in [5.41, 5.74) is 1.75. The highest BCUT2D eigenvalue weighted by Crippen LogP contribution is 2.43. The first kappa shape index (κ1) is 21.5. The summed E-state index contributed by atoms with van der Waals surface area (Å²) in [6.07, 6.45) is 0.681. The van der Waals surface area contributed by atoms with Crippen LogP contribution in [0, 0.1) is 10.1 Å². The standard InChI is InChI=1S/C16H21N3O4.2ClH/c1-11(2)7-13(18-5-3-17-4-6-18)12-8-15-16(23-10-22-15)9-14(12)19(20)21;;/h8-9,13,17H,1,3-7,10H2,2H3;2*1H/t13-;;/m0../s1. The molecule has 3 rings (SSSR count). The molecule has 0 radical (unpaired) electrons. The minimum Gasteiger partial charge on any atom is -0.454 e. The van der Waals surface area contributed by atoms with Crippen LogP contribution >= 0.6 is 24.8 Å². The van der Waals surface area contributed by atoms with Gasteiger partial charge in [0.05, 0.1) is 16.6 Å². The maximum absolute atomic E-state index is 11.6. The van der Waals surface area contributed by atoms with Crippen molar-refractivity contribution in [2.45, 2.75) is 19.4 Å². The molecule has 9 heteroatoms. The molecule has 25 heavy (non-hydrogen) atoms. The van der Waals surface area contributed by atoms with Crippen LogP contribution in [0.4, 0.5) is 5.69 Å². The molecular formula is C16H23Cl2N3O4. The van der Waals surface area contributed by atoms with E-state index in [4.69, 9.17) is 9.47 Å². The Morgan fingerprint density at radius 3 is 2.48 bits per heavy atom. The maximum Gasteiger partial charge on any atom is 0.278 e. The topological polar surface area (TPSA) is 76.9 Å². The molecule has 140 valence electrons. The van der Waals surface area contributed by atoms with E-state index in [-0.39, 0.29) is 48.3 Å². The van der Waals surface area contributed by atoms with Crippen LogP contribution in [0.3, 0.4) is 0 Å². The number of fused-ring (bicyclic) bond motifs is 1. The van der Waals surface area contributed by atoms with Gasteiger partial charge in [0.1, 0.15) is 0 Å². The molecule has 1 N–H and O–H groups in total. The van der Waals surface area contributed by atoms with Crippen molar-refractivity contribution in [1.82, 2.24) is 10.2 Å². The first-order valence-electron chi connectivity index (χ1n) is 7.73. The van der Waals surface area contributed by atoms with Crippen molar-refractivity contribution in [1.29, 1.82) is 0 Å². The molecule has 1 aromatic carbocycles. The second-order valence-corrected chi connectivity index (χ2v) is 5.98. The Bertz CT molecular complexity index is 636. The highest BCUT2D eigenvalue weighted by Gasteiger charge is 2.31. The second kappa shape index (κ2) is 9.24. The van der Waals surface area contributed by atoms with Gasteiger partial charge in [-0.3, -0.25) is 15.0 Å². The van der Waals surface area contributed by atoms with E-state index in [2.05, 4.69) is 16.8 Å². The van der Waals surface area contributed by atoms with Gasteiger partial charge >= 0.3 is 0 Å². The fraction of sp³-hybridized carbons (Fsp3) is 0.500. The lowest BCUT2D eigenvalue weighted by molar-refractivity contribution is -0.386. The van der Waals surface area contributed by atoms with Gasteiger partial charge in [-0.2, -0.15) is 0 Å². The number of halogens is 2.